The number of rotatable bonds is 4. The number of aromatic nitrogens is 2. The van der Waals surface area contributed by atoms with Crippen molar-refractivity contribution in [2.75, 3.05) is 18.1 Å². The number of carbonyl (C=O) groups excluding carboxylic acids is 1. The minimum atomic E-state index is -0.379. The quantitative estimate of drug-likeness (QED) is 0.479. The van der Waals surface area contributed by atoms with Crippen molar-refractivity contribution in [3.05, 3.63) is 53.3 Å². The van der Waals surface area contributed by atoms with Crippen LogP contribution in [-0.2, 0) is 4.74 Å². The average Bonchev–Trinajstić information content (AvgIpc) is 3.45. The number of anilines is 1. The zero-order valence-corrected chi connectivity index (χ0v) is 16.4. The van der Waals surface area contributed by atoms with Gasteiger partial charge in [0.1, 0.15) is 11.3 Å². The molecule has 4 aromatic rings. The van der Waals surface area contributed by atoms with Crippen LogP contribution in [0, 0.1) is 5.82 Å². The van der Waals surface area contributed by atoms with Crippen LogP contribution >= 0.6 is 22.7 Å². The van der Waals surface area contributed by atoms with Crippen LogP contribution in [0.5, 0.6) is 0 Å². The van der Waals surface area contributed by atoms with E-state index in [1.54, 1.807) is 22.5 Å². The smallest absolute Gasteiger partial charge is 0.260 e. The van der Waals surface area contributed by atoms with Crippen molar-refractivity contribution in [2.45, 2.75) is 18.9 Å². The van der Waals surface area contributed by atoms with Gasteiger partial charge in [-0.3, -0.25) is 9.69 Å². The van der Waals surface area contributed by atoms with Gasteiger partial charge in [-0.05, 0) is 43.2 Å². The highest BCUT2D eigenvalue weighted by Crippen LogP contribution is 2.32. The molecule has 0 spiro atoms. The second kappa shape index (κ2) is 7.20. The van der Waals surface area contributed by atoms with Gasteiger partial charge in [-0.25, -0.2) is 14.4 Å². The van der Waals surface area contributed by atoms with Gasteiger partial charge < -0.3 is 4.74 Å². The molecule has 1 aliphatic rings. The highest BCUT2D eigenvalue weighted by atomic mass is 32.1. The van der Waals surface area contributed by atoms with Gasteiger partial charge in [0.05, 0.1) is 33.1 Å². The van der Waals surface area contributed by atoms with Crippen molar-refractivity contribution in [1.82, 2.24) is 9.97 Å². The van der Waals surface area contributed by atoms with Crippen LogP contribution in [0.2, 0.25) is 0 Å². The molecule has 142 valence electrons. The third-order valence-electron chi connectivity index (χ3n) is 4.82. The Kier molecular flexibility index (Phi) is 4.54. The summed E-state index contributed by atoms with van der Waals surface area (Å²) in [7, 11) is 0. The maximum absolute atomic E-state index is 14.1. The molecule has 0 radical (unpaired) electrons. The Hall–Kier alpha value is -2.42. The van der Waals surface area contributed by atoms with Crippen molar-refractivity contribution in [3.63, 3.8) is 0 Å². The Bertz CT molecular complexity index is 1170. The van der Waals surface area contributed by atoms with Gasteiger partial charge in [0.15, 0.2) is 5.13 Å². The molecule has 0 saturated carbocycles. The van der Waals surface area contributed by atoms with E-state index < -0.39 is 0 Å². The predicted molar refractivity (Wildman–Crippen MR) is 110 cm³/mol. The van der Waals surface area contributed by atoms with Crippen LogP contribution in [0.1, 0.15) is 23.2 Å². The first-order chi connectivity index (χ1) is 13.7. The number of para-hydroxylation sites is 1. The van der Waals surface area contributed by atoms with E-state index in [-0.39, 0.29) is 17.8 Å². The Morgan fingerprint density at radius 2 is 2.21 bits per heavy atom. The van der Waals surface area contributed by atoms with Crippen LogP contribution in [-0.4, -0.2) is 35.1 Å². The fourth-order valence-electron chi connectivity index (χ4n) is 3.40. The molecule has 1 aliphatic heterocycles. The molecule has 1 saturated heterocycles. The molecule has 1 fully saturated rings. The fourth-order valence-corrected chi connectivity index (χ4v) is 5.11. The SMILES string of the molecule is O=C(c1ccc2ncsc2c1)N(CC1CCCO1)c1nc2c(F)cccc2s1. The van der Waals surface area contributed by atoms with Gasteiger partial charge in [-0.15, -0.1) is 11.3 Å². The second-order valence-electron chi connectivity index (χ2n) is 6.67. The van der Waals surface area contributed by atoms with Crippen molar-refractivity contribution in [3.8, 4) is 0 Å². The highest BCUT2D eigenvalue weighted by Gasteiger charge is 2.27. The van der Waals surface area contributed by atoms with Crippen LogP contribution in [0.3, 0.4) is 0 Å². The van der Waals surface area contributed by atoms with Crippen LogP contribution in [0.15, 0.2) is 41.9 Å². The summed E-state index contributed by atoms with van der Waals surface area (Å²) in [5.74, 6) is -0.541. The van der Waals surface area contributed by atoms with E-state index in [4.69, 9.17) is 4.74 Å². The van der Waals surface area contributed by atoms with E-state index in [0.29, 0.717) is 29.4 Å². The van der Waals surface area contributed by atoms with Crippen molar-refractivity contribution >= 4 is 54.1 Å². The van der Waals surface area contributed by atoms with Gasteiger partial charge in [0.2, 0.25) is 0 Å². The third-order valence-corrected chi connectivity index (χ3v) is 6.66. The minimum absolute atomic E-state index is 0.0343. The summed E-state index contributed by atoms with van der Waals surface area (Å²) in [5, 5.41) is 0.491. The first-order valence-electron chi connectivity index (χ1n) is 9.01. The van der Waals surface area contributed by atoms with E-state index >= 15 is 0 Å². The zero-order chi connectivity index (χ0) is 19.1. The standard InChI is InChI=1S/C20H16FN3O2S2/c21-14-4-1-5-16-18(14)23-20(28-16)24(10-13-3-2-8-26-13)19(25)12-6-7-15-17(9-12)27-11-22-15/h1,4-7,9,11,13H,2-3,8,10H2. The molecule has 0 aliphatic carbocycles. The molecule has 1 unspecified atom stereocenters. The third kappa shape index (κ3) is 3.17. The Labute approximate surface area is 168 Å². The Morgan fingerprint density at radius 3 is 3.04 bits per heavy atom. The molecule has 5 rings (SSSR count). The first kappa shape index (κ1) is 17.7. The summed E-state index contributed by atoms with van der Waals surface area (Å²) in [6.45, 7) is 1.11. The number of carbonyl (C=O) groups is 1. The lowest BCUT2D eigenvalue weighted by Gasteiger charge is -2.23. The number of benzene rings is 2. The van der Waals surface area contributed by atoms with Crippen molar-refractivity contribution < 1.29 is 13.9 Å². The zero-order valence-electron chi connectivity index (χ0n) is 14.8. The van der Waals surface area contributed by atoms with E-state index in [9.17, 15) is 9.18 Å². The summed E-state index contributed by atoms with van der Waals surface area (Å²) in [4.78, 5) is 23.7. The molecule has 0 N–H and O–H groups in total. The molecular formula is C20H16FN3O2S2. The molecular weight excluding hydrogens is 397 g/mol. The summed E-state index contributed by atoms with van der Waals surface area (Å²) >= 11 is 2.82. The van der Waals surface area contributed by atoms with Crippen LogP contribution < -0.4 is 4.90 Å². The monoisotopic (exact) mass is 413 g/mol. The Balaban J connectivity index is 1.55. The number of thiazole rings is 2. The molecule has 5 nitrogen and oxygen atoms in total. The molecule has 1 atom stereocenters. The van der Waals surface area contributed by atoms with E-state index in [1.165, 1.54) is 28.7 Å². The van der Waals surface area contributed by atoms with Gasteiger partial charge in [-0.1, -0.05) is 17.4 Å². The molecule has 28 heavy (non-hydrogen) atoms. The lowest BCUT2D eigenvalue weighted by atomic mass is 10.1. The van der Waals surface area contributed by atoms with E-state index in [1.807, 2.05) is 18.2 Å². The second-order valence-corrected chi connectivity index (χ2v) is 8.56. The molecule has 1 amide bonds. The minimum Gasteiger partial charge on any atom is -0.376 e. The summed E-state index contributed by atoms with van der Waals surface area (Å²) in [6.07, 6.45) is 1.85. The number of fused-ring (bicyclic) bond motifs is 2. The van der Waals surface area contributed by atoms with E-state index in [2.05, 4.69) is 9.97 Å². The molecule has 2 aromatic heterocycles. The maximum Gasteiger partial charge on any atom is 0.260 e. The van der Waals surface area contributed by atoms with Gasteiger partial charge in [0, 0.05) is 12.2 Å². The predicted octanol–water partition coefficient (Wildman–Crippen LogP) is 4.87. The number of halogens is 1. The number of hydrogen-bond acceptors (Lipinski definition) is 6. The largest absolute Gasteiger partial charge is 0.376 e. The topological polar surface area (TPSA) is 55.3 Å². The number of hydrogen-bond donors (Lipinski definition) is 0. The summed E-state index contributed by atoms with van der Waals surface area (Å²) < 4.78 is 21.6. The lowest BCUT2D eigenvalue weighted by Crippen LogP contribution is -2.37. The van der Waals surface area contributed by atoms with Crippen molar-refractivity contribution in [1.29, 1.82) is 0 Å². The average molecular weight is 413 g/mol. The maximum atomic E-state index is 14.1. The molecule has 8 heteroatoms. The molecule has 0 bridgehead atoms. The number of amides is 1. The van der Waals surface area contributed by atoms with Gasteiger partial charge in [0.25, 0.3) is 5.91 Å². The van der Waals surface area contributed by atoms with Gasteiger partial charge in [-0.2, -0.15) is 0 Å². The number of ether oxygens (including phenoxy) is 1. The molecule has 3 heterocycles. The highest BCUT2D eigenvalue weighted by molar-refractivity contribution is 7.22. The van der Waals surface area contributed by atoms with Crippen molar-refractivity contribution in [2.24, 2.45) is 0 Å². The Morgan fingerprint density at radius 1 is 1.29 bits per heavy atom. The lowest BCUT2D eigenvalue weighted by molar-refractivity contribution is 0.0917. The van der Waals surface area contributed by atoms with Crippen LogP contribution in [0.4, 0.5) is 9.52 Å². The van der Waals surface area contributed by atoms with E-state index in [0.717, 1.165) is 27.8 Å². The first-order valence-corrected chi connectivity index (χ1v) is 10.7. The molecule has 2 aromatic carbocycles. The normalized spacial score (nSPS) is 16.8. The fraction of sp³-hybridized carbons (Fsp3) is 0.250. The van der Waals surface area contributed by atoms with Gasteiger partial charge >= 0.3 is 0 Å². The number of nitrogens with zero attached hydrogens (tertiary/aromatic N) is 3. The van der Waals surface area contributed by atoms with Crippen LogP contribution in [0.25, 0.3) is 20.4 Å². The summed E-state index contributed by atoms with van der Waals surface area (Å²) in [6, 6.07) is 10.3. The summed E-state index contributed by atoms with van der Waals surface area (Å²) in [5.41, 5.74) is 3.49.